The summed E-state index contributed by atoms with van der Waals surface area (Å²) in [5.74, 6) is -0.166. The number of rotatable bonds is 12. The summed E-state index contributed by atoms with van der Waals surface area (Å²) in [4.78, 5) is 56.1. The third-order valence-corrected chi connectivity index (χ3v) is 12.4. The van der Waals surface area contributed by atoms with Crippen LogP contribution in [0.5, 0.6) is 0 Å². The summed E-state index contributed by atoms with van der Waals surface area (Å²) in [6.07, 6.45) is -4.97. The van der Waals surface area contributed by atoms with Crippen LogP contribution in [-0.2, 0) is 80.9 Å². The first kappa shape index (κ1) is 50.5. The molecule has 4 aliphatic heterocycles. The Kier molecular flexibility index (Phi) is 21.1. The summed E-state index contributed by atoms with van der Waals surface area (Å²) in [7, 11) is 3.26. The molecule has 57 heavy (non-hydrogen) atoms. The Bertz CT molecular complexity index is 1290. The zero-order valence-corrected chi connectivity index (χ0v) is 35.9. The Morgan fingerprint density at radius 2 is 0.807 bits per heavy atom. The number of ether oxygens (including phenoxy) is 11. The lowest BCUT2D eigenvalue weighted by Gasteiger charge is -2.51. The first-order chi connectivity index (χ1) is 26.8. The topological polar surface area (TPSA) is 204 Å². The van der Waals surface area contributed by atoms with Gasteiger partial charge < -0.3 is 52.1 Å². The SMILES string of the molecule is COC1C(C)[C@H](O[C@@H]2C(COC(C)=O)O[C@H](OC)C(C)[C@H]2C)O[C@@H](C)[C@H]1O[C@H]1O[C@@H](COC(C)=O)[C@@H](O[C@@H]2OC(C)[C@@H](C)[C@H](C)C2C)C(C)C1C.O=C=O.O=C=O. The van der Waals surface area contributed by atoms with Crippen molar-refractivity contribution >= 4 is 24.2 Å². The van der Waals surface area contributed by atoms with Crippen LogP contribution in [0, 0.1) is 47.3 Å². The van der Waals surface area contributed by atoms with Crippen molar-refractivity contribution in [3.63, 3.8) is 0 Å². The second kappa shape index (κ2) is 23.8. The van der Waals surface area contributed by atoms with Crippen molar-refractivity contribution in [3.05, 3.63) is 0 Å². The van der Waals surface area contributed by atoms with E-state index in [0.717, 1.165) is 0 Å². The van der Waals surface area contributed by atoms with Crippen LogP contribution in [0.3, 0.4) is 0 Å². The fourth-order valence-corrected chi connectivity index (χ4v) is 8.10. The van der Waals surface area contributed by atoms with Gasteiger partial charge in [-0.1, -0.05) is 55.4 Å². The van der Waals surface area contributed by atoms with Crippen molar-refractivity contribution in [3.8, 4) is 0 Å². The molecule has 4 fully saturated rings. The number of hydrogen-bond donors (Lipinski definition) is 0. The van der Waals surface area contributed by atoms with E-state index in [0.29, 0.717) is 11.8 Å². The summed E-state index contributed by atoms with van der Waals surface area (Å²) in [5, 5.41) is 0. The average molecular weight is 819 g/mol. The Hall–Kier alpha value is -2.66. The minimum atomic E-state index is -0.659. The number of carbonyl (C=O) groups is 2. The summed E-state index contributed by atoms with van der Waals surface area (Å²) in [6, 6.07) is 0. The number of hydrogen-bond acceptors (Lipinski definition) is 17. The maximum Gasteiger partial charge on any atom is 0.373 e. The van der Waals surface area contributed by atoms with E-state index in [1.807, 2.05) is 20.8 Å². The molecule has 0 aromatic rings. The summed E-state index contributed by atoms with van der Waals surface area (Å²) >= 11 is 0. The molecular formula is C40H66O17. The van der Waals surface area contributed by atoms with Gasteiger partial charge in [0.05, 0.1) is 30.5 Å². The second-order valence-corrected chi connectivity index (χ2v) is 15.9. The normalized spacial score (nSPS) is 43.1. The molecule has 0 aromatic carbocycles. The lowest BCUT2D eigenvalue weighted by molar-refractivity contribution is -0.365. The molecule has 328 valence electrons. The van der Waals surface area contributed by atoms with Gasteiger partial charge in [0.15, 0.2) is 25.2 Å². The highest BCUT2D eigenvalue weighted by molar-refractivity contribution is 5.66. The molecule has 4 rings (SSSR count). The van der Waals surface area contributed by atoms with E-state index in [9.17, 15) is 9.59 Å². The third kappa shape index (κ3) is 13.2. The highest BCUT2D eigenvalue weighted by Gasteiger charge is 2.52. The Morgan fingerprint density at radius 1 is 0.439 bits per heavy atom. The standard InChI is InChI=1S/C38H66O13.2CO2/c1-17-18(2)25(9)45-36(21(17)5)49-32-20(4)23(7)37(48-30(32)16-44-28(12)40)51-34-26(10)46-38(24(8)33(34)41-13)50-31-19(3)22(6)35(42-14)47-29(31)15-43-27(11)39;2*2-1-3/h17-26,29-38H,15-16H2,1-14H3;;/t17-,18-,19+,20?,21?,22?,23?,24?,25?,26-,29?,30-,31-,32-,33?,34+,35-,36-,37+,38-;;/m0../s1. The molecule has 4 saturated heterocycles. The van der Waals surface area contributed by atoms with Crippen LogP contribution in [0.4, 0.5) is 0 Å². The fourth-order valence-electron chi connectivity index (χ4n) is 8.10. The van der Waals surface area contributed by atoms with Gasteiger partial charge in [-0.2, -0.15) is 19.2 Å². The van der Waals surface area contributed by atoms with E-state index in [1.54, 1.807) is 14.2 Å². The highest BCUT2D eigenvalue weighted by Crippen LogP contribution is 2.42. The maximum absolute atomic E-state index is 11.9. The van der Waals surface area contributed by atoms with Crippen molar-refractivity contribution in [2.24, 2.45) is 47.3 Å². The third-order valence-electron chi connectivity index (χ3n) is 12.4. The molecule has 0 radical (unpaired) electrons. The zero-order valence-electron chi connectivity index (χ0n) is 35.9. The molecule has 0 aliphatic carbocycles. The van der Waals surface area contributed by atoms with E-state index >= 15 is 0 Å². The van der Waals surface area contributed by atoms with E-state index < -0.39 is 79.8 Å². The molecule has 4 heterocycles. The Labute approximate surface area is 336 Å². The van der Waals surface area contributed by atoms with E-state index in [1.165, 1.54) is 13.8 Å². The number of esters is 2. The van der Waals surface area contributed by atoms with Gasteiger partial charge in [0, 0.05) is 51.7 Å². The predicted molar refractivity (Wildman–Crippen MR) is 195 cm³/mol. The van der Waals surface area contributed by atoms with Crippen molar-refractivity contribution in [1.29, 1.82) is 0 Å². The van der Waals surface area contributed by atoms with Crippen molar-refractivity contribution in [2.75, 3.05) is 27.4 Å². The lowest BCUT2D eigenvalue weighted by atomic mass is 9.79. The monoisotopic (exact) mass is 818 g/mol. The molecule has 17 heteroatoms. The van der Waals surface area contributed by atoms with E-state index in [-0.39, 0.29) is 67.1 Å². The van der Waals surface area contributed by atoms with Gasteiger partial charge in [-0.05, 0) is 37.5 Å². The van der Waals surface area contributed by atoms with Crippen molar-refractivity contribution in [1.82, 2.24) is 0 Å². The molecule has 8 unspecified atom stereocenters. The fraction of sp³-hybridized carbons (Fsp3) is 0.900. The Morgan fingerprint density at radius 3 is 1.25 bits per heavy atom. The van der Waals surface area contributed by atoms with Crippen molar-refractivity contribution in [2.45, 2.75) is 157 Å². The molecule has 0 bridgehead atoms. The quantitative estimate of drug-likeness (QED) is 0.257. The zero-order chi connectivity index (χ0) is 43.3. The molecule has 0 N–H and O–H groups in total. The van der Waals surface area contributed by atoms with Gasteiger partial charge in [-0.3, -0.25) is 9.59 Å². The lowest BCUT2D eigenvalue weighted by Crippen LogP contribution is -2.61. The predicted octanol–water partition coefficient (Wildman–Crippen LogP) is 3.79. The first-order valence-electron chi connectivity index (χ1n) is 19.7. The van der Waals surface area contributed by atoms with Crippen LogP contribution in [-0.4, -0.2) is 126 Å². The van der Waals surface area contributed by atoms with Gasteiger partial charge in [-0.15, -0.1) is 0 Å². The minimum Gasteiger partial charge on any atom is -0.463 e. The van der Waals surface area contributed by atoms with Gasteiger partial charge in [0.25, 0.3) is 0 Å². The summed E-state index contributed by atoms with van der Waals surface area (Å²) < 4.78 is 68.5. The van der Waals surface area contributed by atoms with Crippen LogP contribution in [0.1, 0.15) is 83.1 Å². The summed E-state index contributed by atoms with van der Waals surface area (Å²) in [6.45, 7) is 23.8. The molecular weight excluding hydrogens is 752 g/mol. The molecule has 4 aliphatic rings. The Balaban J connectivity index is 0.00000175. The van der Waals surface area contributed by atoms with Gasteiger partial charge in [0.2, 0.25) is 0 Å². The van der Waals surface area contributed by atoms with Gasteiger partial charge in [0.1, 0.15) is 31.5 Å². The maximum atomic E-state index is 11.9. The first-order valence-corrected chi connectivity index (χ1v) is 19.7. The van der Waals surface area contributed by atoms with Crippen LogP contribution in [0.2, 0.25) is 0 Å². The van der Waals surface area contributed by atoms with Gasteiger partial charge in [-0.25, -0.2) is 0 Å². The second-order valence-electron chi connectivity index (χ2n) is 15.9. The average Bonchev–Trinajstić information content (AvgIpc) is 3.15. The molecule has 0 amide bonds. The minimum absolute atomic E-state index is 0.00412. The molecule has 17 nitrogen and oxygen atoms in total. The highest BCUT2D eigenvalue weighted by atomic mass is 16.8. The number of methoxy groups -OCH3 is 2. The van der Waals surface area contributed by atoms with Crippen LogP contribution in [0.25, 0.3) is 0 Å². The van der Waals surface area contributed by atoms with E-state index in [2.05, 4.69) is 48.5 Å². The largest absolute Gasteiger partial charge is 0.463 e. The van der Waals surface area contributed by atoms with Crippen molar-refractivity contribution < 1.29 is 80.9 Å². The van der Waals surface area contributed by atoms with Crippen LogP contribution in [0.15, 0.2) is 0 Å². The molecule has 20 atom stereocenters. The number of carbonyl (C=O) groups excluding carboxylic acids is 6. The summed E-state index contributed by atoms with van der Waals surface area (Å²) in [5.41, 5.74) is 0. The molecule has 0 aromatic heterocycles. The van der Waals surface area contributed by atoms with Crippen LogP contribution < -0.4 is 0 Å². The molecule has 0 spiro atoms. The van der Waals surface area contributed by atoms with E-state index in [4.69, 9.17) is 71.3 Å². The van der Waals surface area contributed by atoms with Crippen LogP contribution >= 0.6 is 0 Å². The van der Waals surface area contributed by atoms with Gasteiger partial charge >= 0.3 is 24.2 Å². The molecule has 0 saturated carbocycles. The smallest absolute Gasteiger partial charge is 0.373 e.